The highest BCUT2D eigenvalue weighted by atomic mass is 35.5. The lowest BCUT2D eigenvalue weighted by molar-refractivity contribution is -0.134. The molecule has 0 spiro atoms. The Kier molecular flexibility index (Phi) is 11.1. The Morgan fingerprint density at radius 3 is 2.63 bits per heavy atom. The van der Waals surface area contributed by atoms with Crippen LogP contribution in [0.3, 0.4) is 0 Å². The van der Waals surface area contributed by atoms with Crippen LogP contribution >= 0.6 is 11.6 Å². The minimum atomic E-state index is -1.40. The summed E-state index contributed by atoms with van der Waals surface area (Å²) in [5.41, 5.74) is 1.86. The van der Waals surface area contributed by atoms with E-state index in [1.807, 2.05) is 0 Å². The predicted octanol–water partition coefficient (Wildman–Crippen LogP) is 5.66. The summed E-state index contributed by atoms with van der Waals surface area (Å²) in [6.45, 7) is 8.24. The number of carboxylic acids is 2. The van der Waals surface area contributed by atoms with Gasteiger partial charge in [0.25, 0.3) is 0 Å². The molecule has 12 nitrogen and oxygen atoms in total. The molecule has 3 aromatic rings. The van der Waals surface area contributed by atoms with Gasteiger partial charge in [0.1, 0.15) is 29.8 Å². The van der Waals surface area contributed by atoms with Crippen molar-refractivity contribution in [1.29, 1.82) is 0 Å². The SMILES string of the molecule is C=C(C)N(C/C=C/C(=O)Nc1cc2c(Nc3ccc(F)c(Cl)c3)ncnc2cc1O[C@H]1CCOC1)/C(C)=C/C(=C/C(=O)O)C(=O)O. The number of carboxylic acid groups (broad SMARTS) is 2. The molecule has 240 valence electrons. The van der Waals surface area contributed by atoms with Gasteiger partial charge >= 0.3 is 11.9 Å². The molecule has 46 heavy (non-hydrogen) atoms. The summed E-state index contributed by atoms with van der Waals surface area (Å²) in [5, 5.41) is 24.7. The first-order valence-corrected chi connectivity index (χ1v) is 14.3. The van der Waals surface area contributed by atoms with Crippen molar-refractivity contribution < 1.29 is 38.5 Å². The van der Waals surface area contributed by atoms with Crippen LogP contribution in [-0.4, -0.2) is 68.8 Å². The minimum Gasteiger partial charge on any atom is -0.486 e. The van der Waals surface area contributed by atoms with Gasteiger partial charge in [-0.15, -0.1) is 0 Å². The second-order valence-corrected chi connectivity index (χ2v) is 10.6. The molecule has 1 atom stereocenters. The van der Waals surface area contributed by atoms with E-state index in [0.29, 0.717) is 70.9 Å². The molecule has 4 N–H and O–H groups in total. The van der Waals surface area contributed by atoms with E-state index in [9.17, 15) is 23.9 Å². The quantitative estimate of drug-likeness (QED) is 0.133. The third-order valence-corrected chi connectivity index (χ3v) is 6.98. The van der Waals surface area contributed by atoms with Gasteiger partial charge in [-0.1, -0.05) is 24.3 Å². The summed E-state index contributed by atoms with van der Waals surface area (Å²) in [5.74, 6) is -3.11. The number of hydrogen-bond acceptors (Lipinski definition) is 9. The number of rotatable bonds is 13. The van der Waals surface area contributed by atoms with Gasteiger partial charge in [-0.25, -0.2) is 23.9 Å². The van der Waals surface area contributed by atoms with Gasteiger partial charge in [-0.2, -0.15) is 0 Å². The smallest absolute Gasteiger partial charge is 0.336 e. The third kappa shape index (κ3) is 8.89. The summed E-state index contributed by atoms with van der Waals surface area (Å²) < 4.78 is 25.3. The molecule has 0 saturated carbocycles. The van der Waals surface area contributed by atoms with E-state index in [0.717, 1.165) is 0 Å². The van der Waals surface area contributed by atoms with Crippen LogP contribution in [0.5, 0.6) is 5.75 Å². The van der Waals surface area contributed by atoms with Crippen molar-refractivity contribution >= 4 is 57.5 Å². The zero-order valence-electron chi connectivity index (χ0n) is 24.9. The molecule has 2 aromatic carbocycles. The zero-order chi connectivity index (χ0) is 33.4. The van der Waals surface area contributed by atoms with Gasteiger partial charge in [0.05, 0.1) is 35.0 Å². The van der Waals surface area contributed by atoms with Gasteiger partial charge in [0.15, 0.2) is 0 Å². The first-order valence-electron chi connectivity index (χ1n) is 13.9. The number of benzene rings is 2. The lowest BCUT2D eigenvalue weighted by atomic mass is 10.1. The van der Waals surface area contributed by atoms with E-state index >= 15 is 0 Å². The lowest BCUT2D eigenvalue weighted by Crippen LogP contribution is -2.20. The van der Waals surface area contributed by atoms with Gasteiger partial charge < -0.3 is 35.2 Å². The van der Waals surface area contributed by atoms with E-state index < -0.39 is 29.2 Å². The van der Waals surface area contributed by atoms with Crippen LogP contribution < -0.4 is 15.4 Å². The number of aliphatic carboxylic acids is 2. The first-order chi connectivity index (χ1) is 21.9. The van der Waals surface area contributed by atoms with E-state index in [-0.39, 0.29) is 17.7 Å². The van der Waals surface area contributed by atoms with E-state index in [1.165, 1.54) is 36.7 Å². The molecule has 0 radical (unpaired) electrons. The Hall–Kier alpha value is -5.27. The molecule has 1 aliphatic heterocycles. The highest BCUT2D eigenvalue weighted by Crippen LogP contribution is 2.35. The molecule has 14 heteroatoms. The zero-order valence-corrected chi connectivity index (χ0v) is 25.7. The number of amides is 1. The van der Waals surface area contributed by atoms with E-state index in [1.54, 1.807) is 37.0 Å². The highest BCUT2D eigenvalue weighted by Gasteiger charge is 2.21. The van der Waals surface area contributed by atoms with Crippen molar-refractivity contribution in [3.05, 3.63) is 95.3 Å². The molecule has 1 aromatic heterocycles. The molecule has 0 aliphatic carbocycles. The van der Waals surface area contributed by atoms with Crippen molar-refractivity contribution in [3.63, 3.8) is 0 Å². The van der Waals surface area contributed by atoms with Crippen molar-refractivity contribution in [2.75, 3.05) is 30.4 Å². The number of aromatic nitrogens is 2. The molecule has 0 bridgehead atoms. The second kappa shape index (κ2) is 15.1. The first kappa shape index (κ1) is 33.6. The Morgan fingerprint density at radius 2 is 1.98 bits per heavy atom. The van der Waals surface area contributed by atoms with Crippen molar-refractivity contribution in [2.24, 2.45) is 0 Å². The number of fused-ring (bicyclic) bond motifs is 1. The van der Waals surface area contributed by atoms with Crippen LogP contribution in [0.25, 0.3) is 10.9 Å². The van der Waals surface area contributed by atoms with Gasteiger partial charge in [0.2, 0.25) is 5.91 Å². The Bertz CT molecular complexity index is 1770. The lowest BCUT2D eigenvalue weighted by Gasteiger charge is -2.24. The number of nitrogens with zero attached hydrogens (tertiary/aromatic N) is 3. The number of allylic oxidation sites excluding steroid dienone is 2. The van der Waals surface area contributed by atoms with Crippen LogP contribution in [0.4, 0.5) is 21.6 Å². The maximum absolute atomic E-state index is 13.7. The molecule has 2 heterocycles. The normalized spacial score (nSPS) is 15.2. The Labute approximate surface area is 268 Å². The van der Waals surface area contributed by atoms with Crippen molar-refractivity contribution in [1.82, 2.24) is 14.9 Å². The number of carbonyl (C=O) groups is 3. The molecule has 1 saturated heterocycles. The van der Waals surface area contributed by atoms with Crippen LogP contribution in [0, 0.1) is 5.82 Å². The average Bonchev–Trinajstić information content (AvgIpc) is 3.50. The molecule has 0 unspecified atom stereocenters. The predicted molar refractivity (Wildman–Crippen MR) is 170 cm³/mol. The van der Waals surface area contributed by atoms with Crippen LogP contribution in [-0.2, 0) is 19.1 Å². The molecular weight excluding hydrogens is 621 g/mol. The van der Waals surface area contributed by atoms with E-state index in [4.69, 9.17) is 26.2 Å². The monoisotopic (exact) mass is 651 g/mol. The standard InChI is InChI=1S/C32H31ClFN5O7/c1-18(2)39(19(3)11-20(32(43)44)12-30(41)42)9-4-5-29(40)38-27-14-23-26(15-28(27)46-22-8-10-45-16-22)35-17-36-31(23)37-21-6-7-25(34)24(33)13-21/h4-7,11-15,17,22H,1,8-10,16H2,2-3H3,(H,38,40)(H,41,42)(H,43,44)(H,35,36,37)/b5-4+,19-11+,20-12-/t22-/m0/s1. The van der Waals surface area contributed by atoms with Crippen LogP contribution in [0.15, 0.2) is 84.5 Å². The van der Waals surface area contributed by atoms with Crippen LogP contribution in [0.1, 0.15) is 20.3 Å². The Morgan fingerprint density at radius 1 is 1.20 bits per heavy atom. The second-order valence-electron chi connectivity index (χ2n) is 10.2. The van der Waals surface area contributed by atoms with Crippen molar-refractivity contribution in [3.8, 4) is 5.75 Å². The summed E-state index contributed by atoms with van der Waals surface area (Å²) in [4.78, 5) is 45.9. The summed E-state index contributed by atoms with van der Waals surface area (Å²) in [6.07, 6.45) is 6.44. The average molecular weight is 652 g/mol. The number of ether oxygens (including phenoxy) is 2. The van der Waals surface area contributed by atoms with Crippen molar-refractivity contribution in [2.45, 2.75) is 26.4 Å². The largest absolute Gasteiger partial charge is 0.486 e. The highest BCUT2D eigenvalue weighted by molar-refractivity contribution is 6.31. The molecule has 1 fully saturated rings. The van der Waals surface area contributed by atoms with Gasteiger partial charge in [-0.3, -0.25) is 4.79 Å². The molecule has 1 aliphatic rings. The third-order valence-electron chi connectivity index (χ3n) is 6.69. The number of hydrogen-bond donors (Lipinski definition) is 4. The summed E-state index contributed by atoms with van der Waals surface area (Å²) in [6, 6.07) is 7.50. The fourth-order valence-corrected chi connectivity index (χ4v) is 4.70. The number of halogens is 2. The van der Waals surface area contributed by atoms with Crippen LogP contribution in [0.2, 0.25) is 5.02 Å². The Balaban J connectivity index is 1.59. The number of anilines is 3. The molecule has 1 amide bonds. The fourth-order valence-electron chi connectivity index (χ4n) is 4.52. The number of nitrogens with one attached hydrogen (secondary N) is 2. The summed E-state index contributed by atoms with van der Waals surface area (Å²) >= 11 is 5.94. The minimum absolute atomic E-state index is 0.0625. The van der Waals surface area contributed by atoms with Gasteiger partial charge in [0, 0.05) is 53.7 Å². The number of carbonyl (C=O) groups excluding carboxylic acids is 1. The van der Waals surface area contributed by atoms with E-state index in [2.05, 4.69) is 27.2 Å². The topological polar surface area (TPSA) is 163 Å². The molecule has 4 rings (SSSR count). The maximum atomic E-state index is 13.7. The van der Waals surface area contributed by atoms with Gasteiger partial charge in [-0.05, 0) is 44.2 Å². The maximum Gasteiger partial charge on any atom is 0.336 e. The summed E-state index contributed by atoms with van der Waals surface area (Å²) in [7, 11) is 0. The fraction of sp³-hybridized carbons (Fsp3) is 0.219. The molecular formula is C32H31ClFN5O7.